The third kappa shape index (κ3) is 3.14. The first-order valence-corrected chi connectivity index (χ1v) is 8.06. The average Bonchev–Trinajstić information content (AvgIpc) is 3.18. The lowest BCUT2D eigenvalue weighted by Gasteiger charge is -2.25. The van der Waals surface area contributed by atoms with Crippen molar-refractivity contribution in [1.82, 2.24) is 4.72 Å². The second-order valence-electron chi connectivity index (χ2n) is 5.34. The molecular weight excluding hydrogens is 364 g/mol. The molecule has 1 aliphatic heterocycles. The molecule has 0 radical (unpaired) electrons. The third-order valence-corrected chi connectivity index (χ3v) is 4.77. The smallest absolute Gasteiger partial charge is 0.324 e. The highest BCUT2D eigenvalue weighted by atomic mass is 32.2. The number of anilines is 1. The number of hydrogen-bond acceptors (Lipinski definition) is 3. The van der Waals surface area contributed by atoms with Crippen LogP contribution in [0, 0.1) is 0 Å². The van der Waals surface area contributed by atoms with Crippen molar-refractivity contribution in [2.24, 2.45) is 4.99 Å². The molecule has 24 heavy (non-hydrogen) atoms. The van der Waals surface area contributed by atoms with E-state index in [0.717, 1.165) is 0 Å². The van der Waals surface area contributed by atoms with Gasteiger partial charge in [-0.25, -0.2) is 18.1 Å². The van der Waals surface area contributed by atoms with Crippen LogP contribution in [0.4, 0.5) is 32.0 Å². The monoisotopic (exact) mass is 373 g/mol. The molecule has 2 aliphatic rings. The van der Waals surface area contributed by atoms with Gasteiger partial charge >= 0.3 is 12.4 Å². The van der Waals surface area contributed by atoms with Crippen LogP contribution in [0.3, 0.4) is 0 Å². The topological polar surface area (TPSA) is 70.6 Å². The molecule has 0 saturated heterocycles. The molecule has 1 heterocycles. The number of nitrogens with zero attached hydrogens (tertiary/aromatic N) is 1. The van der Waals surface area contributed by atoms with E-state index in [1.54, 1.807) is 0 Å². The molecule has 12 heteroatoms. The maximum absolute atomic E-state index is 13.1. The van der Waals surface area contributed by atoms with Gasteiger partial charge in [0, 0.05) is 0 Å². The van der Waals surface area contributed by atoms with E-state index in [0.29, 0.717) is 18.9 Å². The molecule has 0 unspecified atom stereocenters. The van der Waals surface area contributed by atoms with Crippen molar-refractivity contribution in [2.75, 3.05) is 5.32 Å². The van der Waals surface area contributed by atoms with Crippen LogP contribution >= 0.6 is 0 Å². The number of aliphatic imine (C=N–C) groups is 1. The molecule has 0 bridgehead atoms. The Labute approximate surface area is 131 Å². The summed E-state index contributed by atoms with van der Waals surface area (Å²) in [6.45, 7) is 0. The number of alkyl halides is 6. The maximum atomic E-state index is 13.1. The fraction of sp³-hybridized carbons (Fsp3) is 0.417. The van der Waals surface area contributed by atoms with Gasteiger partial charge in [0.05, 0.1) is 22.9 Å². The van der Waals surface area contributed by atoms with E-state index in [9.17, 15) is 34.8 Å². The number of sulfonamides is 1. The van der Waals surface area contributed by atoms with Crippen LogP contribution in [-0.2, 0) is 22.4 Å². The minimum atomic E-state index is -5.28. The molecule has 1 aromatic rings. The molecular formula is C12H9F6N3O2S. The summed E-state index contributed by atoms with van der Waals surface area (Å²) >= 11 is 0. The van der Waals surface area contributed by atoms with Crippen LogP contribution in [0.2, 0.25) is 0 Å². The van der Waals surface area contributed by atoms with Crippen molar-refractivity contribution in [3.05, 3.63) is 23.3 Å². The fourth-order valence-corrected chi connectivity index (χ4v) is 3.49. The third-order valence-electron chi connectivity index (χ3n) is 3.33. The van der Waals surface area contributed by atoms with E-state index in [2.05, 4.69) is 10.3 Å². The first kappa shape index (κ1) is 16.9. The predicted molar refractivity (Wildman–Crippen MR) is 70.8 cm³/mol. The lowest BCUT2D eigenvalue weighted by Crippen LogP contribution is -2.42. The Bertz CT molecular complexity index is 824. The van der Waals surface area contributed by atoms with Crippen molar-refractivity contribution in [2.45, 2.75) is 36.1 Å². The maximum Gasteiger partial charge on any atom is 0.417 e. The summed E-state index contributed by atoms with van der Waals surface area (Å²) in [5.74, 6) is -0.391. The molecule has 1 aliphatic carbocycles. The van der Waals surface area contributed by atoms with Gasteiger partial charge in [-0.3, -0.25) is 0 Å². The van der Waals surface area contributed by atoms with Gasteiger partial charge in [-0.2, -0.15) is 26.3 Å². The molecule has 1 fully saturated rings. The second-order valence-corrected chi connectivity index (χ2v) is 6.95. The normalized spacial score (nSPS) is 21.8. The number of guanidine groups is 1. The van der Waals surface area contributed by atoms with Crippen molar-refractivity contribution < 1.29 is 34.8 Å². The minimum absolute atomic E-state index is 0.204. The van der Waals surface area contributed by atoms with Crippen LogP contribution in [0.15, 0.2) is 22.0 Å². The molecule has 0 amide bonds. The summed E-state index contributed by atoms with van der Waals surface area (Å²) in [5, 5.41) is 2.21. The van der Waals surface area contributed by atoms with Crippen LogP contribution in [-0.4, -0.2) is 20.4 Å². The van der Waals surface area contributed by atoms with E-state index < -0.39 is 50.0 Å². The van der Waals surface area contributed by atoms with Crippen molar-refractivity contribution >= 4 is 21.7 Å². The number of halogens is 6. The van der Waals surface area contributed by atoms with Crippen molar-refractivity contribution in [1.29, 1.82) is 0 Å². The summed E-state index contributed by atoms with van der Waals surface area (Å²) in [4.78, 5) is 2.60. The number of benzene rings is 1. The van der Waals surface area contributed by atoms with Crippen molar-refractivity contribution in [3.63, 3.8) is 0 Å². The van der Waals surface area contributed by atoms with Crippen LogP contribution < -0.4 is 10.0 Å². The number of hydrogen-bond donors (Lipinski definition) is 2. The largest absolute Gasteiger partial charge is 0.417 e. The van der Waals surface area contributed by atoms with Gasteiger partial charge in [-0.1, -0.05) is 0 Å². The molecule has 132 valence electrons. The van der Waals surface area contributed by atoms with Gasteiger partial charge in [0.2, 0.25) is 5.96 Å². The highest BCUT2D eigenvalue weighted by molar-refractivity contribution is 7.90. The zero-order valence-corrected chi connectivity index (χ0v) is 12.4. The van der Waals surface area contributed by atoms with Gasteiger partial charge in [0.15, 0.2) is 0 Å². The Morgan fingerprint density at radius 3 is 2.17 bits per heavy atom. The first-order chi connectivity index (χ1) is 10.9. The number of fused-ring (bicyclic) bond motifs is 1. The fourth-order valence-electron chi connectivity index (χ4n) is 2.16. The van der Waals surface area contributed by atoms with Crippen LogP contribution in [0.25, 0.3) is 0 Å². The van der Waals surface area contributed by atoms with E-state index in [-0.39, 0.29) is 12.1 Å². The van der Waals surface area contributed by atoms with Gasteiger partial charge < -0.3 is 5.32 Å². The Balaban J connectivity index is 2.24. The summed E-state index contributed by atoms with van der Waals surface area (Å²) in [6, 6.07) is -0.0987. The van der Waals surface area contributed by atoms with Crippen LogP contribution in [0.1, 0.15) is 24.0 Å². The Hall–Kier alpha value is -1.98. The molecule has 1 saturated carbocycles. The van der Waals surface area contributed by atoms with E-state index in [4.69, 9.17) is 0 Å². The second kappa shape index (κ2) is 5.01. The SMILES string of the molecule is O=S1(=O)NC(=NC2CC2)Nc2cc(C(F)(F)F)cc(C(F)(F)F)c21. The molecule has 3 rings (SSSR count). The van der Waals surface area contributed by atoms with Crippen LogP contribution in [0.5, 0.6) is 0 Å². The first-order valence-electron chi connectivity index (χ1n) is 6.58. The average molecular weight is 373 g/mol. The number of rotatable bonds is 1. The van der Waals surface area contributed by atoms with E-state index in [1.807, 2.05) is 4.72 Å². The number of nitrogens with one attached hydrogen (secondary N) is 2. The standard InChI is InChI=1S/C12H9F6N3O2S/c13-11(14,15)5-3-7(12(16,17)18)9-8(4-5)20-10(19-6-1-2-6)21-24(9,22)23/h3-4,6H,1-2H2,(H2,19,20,21). The van der Waals surface area contributed by atoms with Gasteiger partial charge in [0.1, 0.15) is 4.90 Å². The minimum Gasteiger partial charge on any atom is -0.324 e. The molecule has 0 atom stereocenters. The van der Waals surface area contributed by atoms with Gasteiger partial charge in [0.25, 0.3) is 10.0 Å². The molecule has 0 spiro atoms. The van der Waals surface area contributed by atoms with E-state index in [1.165, 1.54) is 0 Å². The summed E-state index contributed by atoms with van der Waals surface area (Å²) in [5.41, 5.74) is -4.31. The molecule has 1 aromatic carbocycles. The Morgan fingerprint density at radius 2 is 1.67 bits per heavy atom. The Kier molecular flexibility index (Phi) is 3.52. The quantitative estimate of drug-likeness (QED) is 0.744. The van der Waals surface area contributed by atoms with Gasteiger partial charge in [-0.15, -0.1) is 0 Å². The van der Waals surface area contributed by atoms with E-state index >= 15 is 0 Å². The summed E-state index contributed by atoms with van der Waals surface area (Å²) < 4.78 is 104. The molecule has 0 aromatic heterocycles. The van der Waals surface area contributed by atoms with Crippen molar-refractivity contribution in [3.8, 4) is 0 Å². The highest BCUT2D eigenvalue weighted by Gasteiger charge is 2.44. The zero-order valence-electron chi connectivity index (χ0n) is 11.6. The molecule has 2 N–H and O–H groups in total. The summed E-state index contributed by atoms with van der Waals surface area (Å²) in [6.07, 6.45) is -9.03. The lowest BCUT2D eigenvalue weighted by molar-refractivity contribution is -0.144. The summed E-state index contributed by atoms with van der Waals surface area (Å²) in [7, 11) is -4.72. The lowest BCUT2D eigenvalue weighted by atomic mass is 10.1. The molecule has 5 nitrogen and oxygen atoms in total. The predicted octanol–water partition coefficient (Wildman–Crippen LogP) is 2.95. The Morgan fingerprint density at radius 1 is 1.04 bits per heavy atom. The van der Waals surface area contributed by atoms with Gasteiger partial charge in [-0.05, 0) is 25.0 Å². The highest BCUT2D eigenvalue weighted by Crippen LogP contribution is 2.43. The zero-order chi connectivity index (χ0) is 17.9.